The minimum atomic E-state index is 0.304. The SMILES string of the molecule is CC(C)Cn1ncnc1COc1ccc(C(N)=S)cc1Cl. The zero-order valence-electron chi connectivity index (χ0n) is 11.9. The van der Waals surface area contributed by atoms with Crippen LogP contribution in [0.25, 0.3) is 0 Å². The number of hydrogen-bond donors (Lipinski definition) is 1. The van der Waals surface area contributed by atoms with E-state index < -0.39 is 0 Å². The molecule has 0 amide bonds. The van der Waals surface area contributed by atoms with Crippen LogP contribution in [0.15, 0.2) is 24.5 Å². The first kappa shape index (κ1) is 15.7. The molecule has 0 unspecified atom stereocenters. The Labute approximate surface area is 134 Å². The van der Waals surface area contributed by atoms with E-state index in [-0.39, 0.29) is 0 Å². The molecule has 7 heteroatoms. The molecule has 0 bridgehead atoms. The molecule has 0 atom stereocenters. The summed E-state index contributed by atoms with van der Waals surface area (Å²) in [6.45, 7) is 5.35. The summed E-state index contributed by atoms with van der Waals surface area (Å²) < 4.78 is 7.53. The van der Waals surface area contributed by atoms with Crippen LogP contribution in [0.5, 0.6) is 5.75 Å². The van der Waals surface area contributed by atoms with Gasteiger partial charge in [-0.2, -0.15) is 5.10 Å². The number of nitrogens with two attached hydrogens (primary N) is 1. The van der Waals surface area contributed by atoms with Gasteiger partial charge in [0.05, 0.1) is 5.02 Å². The second kappa shape index (κ2) is 6.87. The number of aromatic nitrogens is 3. The summed E-state index contributed by atoms with van der Waals surface area (Å²) in [5.74, 6) is 1.81. The molecule has 112 valence electrons. The maximum absolute atomic E-state index is 6.15. The van der Waals surface area contributed by atoms with Crippen molar-refractivity contribution < 1.29 is 4.74 Å². The molecular weight excluding hydrogens is 308 g/mol. The van der Waals surface area contributed by atoms with Gasteiger partial charge in [0.15, 0.2) is 5.82 Å². The monoisotopic (exact) mass is 324 g/mol. The van der Waals surface area contributed by atoms with Crippen molar-refractivity contribution in [3.63, 3.8) is 0 Å². The van der Waals surface area contributed by atoms with Crippen LogP contribution in [0.3, 0.4) is 0 Å². The van der Waals surface area contributed by atoms with Crippen molar-refractivity contribution in [2.45, 2.75) is 27.0 Å². The van der Waals surface area contributed by atoms with Gasteiger partial charge < -0.3 is 10.5 Å². The lowest BCUT2D eigenvalue weighted by Gasteiger charge is -2.11. The van der Waals surface area contributed by atoms with E-state index in [0.29, 0.717) is 33.8 Å². The van der Waals surface area contributed by atoms with Gasteiger partial charge >= 0.3 is 0 Å². The van der Waals surface area contributed by atoms with Crippen LogP contribution in [0.1, 0.15) is 25.2 Å². The Bertz CT molecular complexity index is 642. The Balaban J connectivity index is 2.07. The van der Waals surface area contributed by atoms with Crippen molar-refractivity contribution in [1.82, 2.24) is 14.8 Å². The molecule has 2 N–H and O–H groups in total. The maximum Gasteiger partial charge on any atom is 0.164 e. The molecule has 5 nitrogen and oxygen atoms in total. The first-order chi connectivity index (χ1) is 9.97. The number of halogens is 1. The largest absolute Gasteiger partial charge is 0.484 e. The summed E-state index contributed by atoms with van der Waals surface area (Å²) in [5, 5.41) is 4.66. The Morgan fingerprint density at radius 2 is 2.24 bits per heavy atom. The Hall–Kier alpha value is -1.66. The molecule has 2 rings (SSSR count). The number of thiocarbonyl (C=S) groups is 1. The molecule has 2 aromatic rings. The normalized spacial score (nSPS) is 10.9. The predicted octanol–water partition coefficient (Wildman–Crippen LogP) is 2.80. The lowest BCUT2D eigenvalue weighted by Crippen LogP contribution is -2.12. The molecule has 0 aliphatic carbocycles. The number of ether oxygens (including phenoxy) is 1. The average Bonchev–Trinajstić information content (AvgIpc) is 2.83. The number of hydrogen-bond acceptors (Lipinski definition) is 4. The van der Waals surface area contributed by atoms with Crippen LogP contribution in [0.4, 0.5) is 0 Å². The van der Waals surface area contributed by atoms with Gasteiger partial charge in [0.25, 0.3) is 0 Å². The van der Waals surface area contributed by atoms with Crippen LogP contribution in [-0.4, -0.2) is 19.8 Å². The molecule has 0 saturated carbocycles. The molecule has 0 aliphatic heterocycles. The van der Waals surface area contributed by atoms with Crippen molar-refractivity contribution in [3.05, 3.63) is 40.9 Å². The third-order valence-corrected chi connectivity index (χ3v) is 3.34. The fourth-order valence-electron chi connectivity index (χ4n) is 1.81. The Kier molecular flexibility index (Phi) is 5.14. The highest BCUT2D eigenvalue weighted by Crippen LogP contribution is 2.26. The van der Waals surface area contributed by atoms with Gasteiger partial charge in [-0.25, -0.2) is 9.67 Å². The molecule has 1 aromatic heterocycles. The lowest BCUT2D eigenvalue weighted by molar-refractivity contribution is 0.283. The van der Waals surface area contributed by atoms with E-state index in [1.807, 2.05) is 4.68 Å². The van der Waals surface area contributed by atoms with Gasteiger partial charge in [0, 0.05) is 12.1 Å². The molecule has 0 aliphatic rings. The summed E-state index contributed by atoms with van der Waals surface area (Å²) in [6.07, 6.45) is 1.53. The van der Waals surface area contributed by atoms with E-state index in [4.69, 9.17) is 34.3 Å². The van der Waals surface area contributed by atoms with E-state index in [0.717, 1.165) is 12.4 Å². The van der Waals surface area contributed by atoms with Gasteiger partial charge in [-0.15, -0.1) is 0 Å². The molecular formula is C14H17ClN4OS. The highest BCUT2D eigenvalue weighted by molar-refractivity contribution is 7.80. The average molecular weight is 325 g/mol. The number of nitrogens with zero attached hydrogens (tertiary/aromatic N) is 3. The first-order valence-electron chi connectivity index (χ1n) is 6.56. The van der Waals surface area contributed by atoms with E-state index in [1.165, 1.54) is 6.33 Å². The maximum atomic E-state index is 6.15. The number of rotatable bonds is 6. The van der Waals surface area contributed by atoms with E-state index >= 15 is 0 Å². The molecule has 0 fully saturated rings. The molecule has 0 saturated heterocycles. The first-order valence-corrected chi connectivity index (χ1v) is 7.35. The van der Waals surface area contributed by atoms with Crippen LogP contribution in [0, 0.1) is 5.92 Å². The number of benzene rings is 1. The summed E-state index contributed by atoms with van der Waals surface area (Å²) >= 11 is 11.1. The van der Waals surface area contributed by atoms with Crippen LogP contribution in [0.2, 0.25) is 5.02 Å². The van der Waals surface area contributed by atoms with Crippen LogP contribution >= 0.6 is 23.8 Å². The Morgan fingerprint density at radius 1 is 1.48 bits per heavy atom. The van der Waals surface area contributed by atoms with Crippen molar-refractivity contribution in [2.24, 2.45) is 11.7 Å². The van der Waals surface area contributed by atoms with Crippen LogP contribution < -0.4 is 10.5 Å². The summed E-state index contributed by atoms with van der Waals surface area (Å²) in [5.41, 5.74) is 6.27. The van der Waals surface area contributed by atoms with E-state index in [9.17, 15) is 0 Å². The van der Waals surface area contributed by atoms with Gasteiger partial charge in [-0.3, -0.25) is 0 Å². The minimum Gasteiger partial charge on any atom is -0.484 e. The lowest BCUT2D eigenvalue weighted by atomic mass is 10.2. The summed E-state index contributed by atoms with van der Waals surface area (Å²) in [7, 11) is 0. The molecule has 1 aromatic carbocycles. The smallest absolute Gasteiger partial charge is 0.164 e. The zero-order chi connectivity index (χ0) is 15.4. The van der Waals surface area contributed by atoms with E-state index in [1.54, 1.807) is 18.2 Å². The molecule has 1 heterocycles. The molecule has 0 spiro atoms. The van der Waals surface area contributed by atoms with Crippen molar-refractivity contribution in [1.29, 1.82) is 0 Å². The fourth-order valence-corrected chi connectivity index (χ4v) is 2.17. The van der Waals surface area contributed by atoms with Gasteiger partial charge in [-0.1, -0.05) is 37.7 Å². The second-order valence-electron chi connectivity index (χ2n) is 5.05. The third kappa shape index (κ3) is 4.15. The standard InChI is InChI=1S/C14H17ClN4OS/c1-9(2)6-19-13(17-8-18-19)7-20-12-4-3-10(14(16)21)5-11(12)15/h3-5,8-9H,6-7H2,1-2H3,(H2,16,21). The van der Waals surface area contributed by atoms with Gasteiger partial charge in [0.2, 0.25) is 0 Å². The third-order valence-electron chi connectivity index (χ3n) is 2.81. The van der Waals surface area contributed by atoms with Gasteiger partial charge in [0.1, 0.15) is 23.7 Å². The second-order valence-corrected chi connectivity index (χ2v) is 5.90. The molecule has 21 heavy (non-hydrogen) atoms. The van der Waals surface area contributed by atoms with Crippen LogP contribution in [-0.2, 0) is 13.2 Å². The van der Waals surface area contributed by atoms with Crippen molar-refractivity contribution in [2.75, 3.05) is 0 Å². The zero-order valence-corrected chi connectivity index (χ0v) is 13.5. The topological polar surface area (TPSA) is 66.0 Å². The summed E-state index contributed by atoms with van der Waals surface area (Å²) in [4.78, 5) is 4.51. The minimum absolute atomic E-state index is 0.304. The molecule has 0 radical (unpaired) electrons. The van der Waals surface area contributed by atoms with Gasteiger partial charge in [-0.05, 0) is 24.1 Å². The van der Waals surface area contributed by atoms with Crippen molar-refractivity contribution >= 4 is 28.8 Å². The highest BCUT2D eigenvalue weighted by Gasteiger charge is 2.09. The predicted molar refractivity (Wildman–Crippen MR) is 86.5 cm³/mol. The quantitative estimate of drug-likeness (QED) is 0.828. The van der Waals surface area contributed by atoms with Crippen molar-refractivity contribution in [3.8, 4) is 5.75 Å². The summed E-state index contributed by atoms with van der Waals surface area (Å²) in [6, 6.07) is 5.22. The fraction of sp³-hybridized carbons (Fsp3) is 0.357. The highest BCUT2D eigenvalue weighted by atomic mass is 35.5. The van der Waals surface area contributed by atoms with E-state index in [2.05, 4.69) is 23.9 Å². The Morgan fingerprint density at radius 3 is 2.86 bits per heavy atom.